The fourth-order valence-electron chi connectivity index (χ4n) is 5.46. The molecule has 2 aliphatic heterocycles. The smallest absolute Gasteiger partial charge is 0.335 e. The fraction of sp³-hybridized carbons (Fsp3) is 0.355. The number of aromatic carboxylic acids is 2. The highest BCUT2D eigenvalue weighted by Crippen LogP contribution is 2.23. The zero-order chi connectivity index (χ0) is 29.1. The molecule has 0 fully saturated rings. The summed E-state index contributed by atoms with van der Waals surface area (Å²) in [7, 11) is 0. The number of carboxylic acids is 2. The van der Waals surface area contributed by atoms with Crippen molar-refractivity contribution >= 4 is 39.3 Å². The average molecular weight is 557 g/mol. The second-order valence-electron chi connectivity index (χ2n) is 10.5. The Labute approximate surface area is 235 Å². The van der Waals surface area contributed by atoms with E-state index in [1.54, 1.807) is 21.3 Å². The minimum absolute atomic E-state index is 0.0520. The highest BCUT2D eigenvalue weighted by Gasteiger charge is 2.17. The number of allylic oxidation sites excluding steroid dienone is 1. The zero-order valence-electron chi connectivity index (χ0n) is 22.8. The molecule has 0 atom stereocenters. The second-order valence-corrected chi connectivity index (χ2v) is 10.5. The van der Waals surface area contributed by atoms with Crippen LogP contribution in [-0.4, -0.2) is 41.3 Å². The van der Waals surface area contributed by atoms with Gasteiger partial charge in [-0.3, -0.25) is 18.7 Å². The molecule has 0 unspecified atom stereocenters. The van der Waals surface area contributed by atoms with E-state index < -0.39 is 11.9 Å². The van der Waals surface area contributed by atoms with Crippen molar-refractivity contribution in [3.8, 4) is 0 Å². The van der Waals surface area contributed by atoms with E-state index in [0.717, 1.165) is 69.2 Å². The molecule has 0 saturated heterocycles. The van der Waals surface area contributed by atoms with Gasteiger partial charge in [-0.15, -0.1) is 0 Å². The number of aryl methyl sites for hydroxylation is 1. The lowest BCUT2D eigenvalue weighted by Crippen LogP contribution is -2.26. The van der Waals surface area contributed by atoms with E-state index in [2.05, 4.69) is 16.5 Å². The number of nitrogens with zero attached hydrogens (tertiary/aromatic N) is 4. The van der Waals surface area contributed by atoms with Crippen LogP contribution in [0.3, 0.4) is 0 Å². The van der Waals surface area contributed by atoms with Crippen LogP contribution >= 0.6 is 0 Å². The third-order valence-electron chi connectivity index (χ3n) is 7.69. The topological polar surface area (TPSA) is 144 Å². The molecule has 2 N–H and O–H groups in total. The van der Waals surface area contributed by atoms with Crippen LogP contribution in [0.2, 0.25) is 0 Å². The van der Waals surface area contributed by atoms with Gasteiger partial charge in [-0.25, -0.2) is 19.6 Å². The monoisotopic (exact) mass is 556 g/mol. The maximum absolute atomic E-state index is 12.6. The molecule has 0 spiro atoms. The zero-order valence-corrected chi connectivity index (χ0v) is 22.8. The number of fused-ring (bicyclic) bond motifs is 4. The molecule has 212 valence electrons. The average Bonchev–Trinajstić information content (AvgIpc) is 2.93. The van der Waals surface area contributed by atoms with Gasteiger partial charge in [0.25, 0.3) is 11.1 Å². The normalized spacial score (nSPS) is 15.4. The summed E-state index contributed by atoms with van der Waals surface area (Å²) in [5.74, 6) is -0.649. The van der Waals surface area contributed by atoms with Gasteiger partial charge >= 0.3 is 11.9 Å². The van der Waals surface area contributed by atoms with Crippen LogP contribution in [0.15, 0.2) is 52.6 Å². The van der Waals surface area contributed by atoms with Crippen molar-refractivity contribution < 1.29 is 19.8 Å². The predicted octanol–water partition coefficient (Wildman–Crippen LogP) is 4.89. The van der Waals surface area contributed by atoms with Crippen molar-refractivity contribution in [2.45, 2.75) is 70.9 Å². The van der Waals surface area contributed by atoms with E-state index in [0.29, 0.717) is 40.7 Å². The maximum Gasteiger partial charge on any atom is 0.335 e. The van der Waals surface area contributed by atoms with Gasteiger partial charge in [0.2, 0.25) is 0 Å². The molecule has 10 nitrogen and oxygen atoms in total. The molecule has 0 bridgehead atoms. The Balaban J connectivity index is 0.000000165. The summed E-state index contributed by atoms with van der Waals surface area (Å²) >= 11 is 0. The third-order valence-corrected chi connectivity index (χ3v) is 7.69. The first-order chi connectivity index (χ1) is 19.7. The molecule has 0 aliphatic carbocycles. The van der Waals surface area contributed by atoms with E-state index >= 15 is 0 Å². The summed E-state index contributed by atoms with van der Waals surface area (Å²) in [4.78, 5) is 56.2. The van der Waals surface area contributed by atoms with Crippen LogP contribution in [0, 0.1) is 0 Å². The quantitative estimate of drug-likeness (QED) is 0.355. The van der Waals surface area contributed by atoms with Gasteiger partial charge in [-0.2, -0.15) is 0 Å². The van der Waals surface area contributed by atoms with Crippen molar-refractivity contribution in [1.29, 1.82) is 0 Å². The van der Waals surface area contributed by atoms with Crippen LogP contribution in [0.5, 0.6) is 0 Å². The molecule has 10 heteroatoms. The minimum Gasteiger partial charge on any atom is -0.478 e. The predicted molar refractivity (Wildman–Crippen MR) is 156 cm³/mol. The molecule has 0 amide bonds. The molecule has 0 saturated carbocycles. The standard InChI is InChI=1S/C16H16N2O3.C15H16N2O3/c1-10-5-3-2-4-8-18-14(10)17-13-9-11(16(20)21)6-7-12(13)15(18)19;18-14-11-7-6-10(15(19)20)9-12(11)16-13-5-3-1-2-4-8-17(13)14/h6-7,9H,1-5,8H2,(H,20,21);6-7,9H,1-5,8H2,(H,19,20). The molecule has 6 rings (SSSR count). The summed E-state index contributed by atoms with van der Waals surface area (Å²) in [5.41, 5.74) is 1.89. The molecule has 4 heterocycles. The number of carboxylic acid groups (broad SMARTS) is 2. The summed E-state index contributed by atoms with van der Waals surface area (Å²) in [6, 6.07) is 8.95. The van der Waals surface area contributed by atoms with Gasteiger partial charge < -0.3 is 10.2 Å². The molecule has 2 aliphatic rings. The lowest BCUT2D eigenvalue weighted by molar-refractivity contribution is 0.0686. The first-order valence-electron chi connectivity index (χ1n) is 14.0. The van der Waals surface area contributed by atoms with Crippen LogP contribution in [0.1, 0.15) is 83.7 Å². The van der Waals surface area contributed by atoms with Gasteiger partial charge in [0.1, 0.15) is 11.6 Å². The van der Waals surface area contributed by atoms with Crippen LogP contribution in [0.4, 0.5) is 0 Å². The van der Waals surface area contributed by atoms with Gasteiger partial charge in [0, 0.05) is 19.5 Å². The van der Waals surface area contributed by atoms with Gasteiger partial charge in [0.15, 0.2) is 0 Å². The number of hydrogen-bond donors (Lipinski definition) is 2. The number of aromatic nitrogens is 4. The summed E-state index contributed by atoms with van der Waals surface area (Å²) in [6.07, 6.45) is 8.97. The van der Waals surface area contributed by atoms with Crippen molar-refractivity contribution in [3.63, 3.8) is 0 Å². The molecular weight excluding hydrogens is 524 g/mol. The van der Waals surface area contributed by atoms with Gasteiger partial charge in [-0.05, 0) is 74.1 Å². The second kappa shape index (κ2) is 11.9. The molecule has 41 heavy (non-hydrogen) atoms. The highest BCUT2D eigenvalue weighted by atomic mass is 16.4. The molecule has 4 aromatic rings. The van der Waals surface area contributed by atoms with Crippen molar-refractivity contribution in [2.75, 3.05) is 0 Å². The fourth-order valence-corrected chi connectivity index (χ4v) is 5.46. The summed E-state index contributed by atoms with van der Waals surface area (Å²) in [5, 5.41) is 19.0. The Kier molecular flexibility index (Phi) is 8.09. The SMILES string of the molecule is C=C1CCCCCn2c1nc1cc(C(=O)O)ccc1c2=O.O=C(O)c1ccc2c(=O)n3c(nc2c1)CCCCCC3. The van der Waals surface area contributed by atoms with Crippen LogP contribution in [-0.2, 0) is 19.5 Å². The number of rotatable bonds is 2. The van der Waals surface area contributed by atoms with Gasteiger partial charge in [-0.1, -0.05) is 25.8 Å². The van der Waals surface area contributed by atoms with Crippen molar-refractivity contribution in [3.05, 3.63) is 86.5 Å². The first-order valence-corrected chi connectivity index (χ1v) is 14.0. The third kappa shape index (κ3) is 5.82. The van der Waals surface area contributed by atoms with E-state index in [1.807, 2.05) is 0 Å². The Morgan fingerprint density at radius 3 is 1.83 bits per heavy atom. The molecular formula is C31H32N4O6. The Hall–Kier alpha value is -4.60. The number of benzene rings is 2. The van der Waals surface area contributed by atoms with E-state index in [4.69, 9.17) is 10.2 Å². The van der Waals surface area contributed by atoms with E-state index in [1.165, 1.54) is 24.3 Å². The summed E-state index contributed by atoms with van der Waals surface area (Å²) in [6.45, 7) is 5.37. The van der Waals surface area contributed by atoms with Crippen LogP contribution < -0.4 is 11.1 Å². The maximum atomic E-state index is 12.6. The lowest BCUT2D eigenvalue weighted by Gasteiger charge is -2.18. The summed E-state index contributed by atoms with van der Waals surface area (Å²) < 4.78 is 3.42. The van der Waals surface area contributed by atoms with Gasteiger partial charge in [0.05, 0.1) is 32.9 Å². The Morgan fingerprint density at radius 1 is 0.683 bits per heavy atom. The number of carbonyl (C=O) groups is 2. The van der Waals surface area contributed by atoms with E-state index in [9.17, 15) is 19.2 Å². The van der Waals surface area contributed by atoms with Crippen molar-refractivity contribution in [2.24, 2.45) is 0 Å². The molecule has 0 radical (unpaired) electrons. The highest BCUT2D eigenvalue weighted by molar-refractivity contribution is 5.93. The Morgan fingerprint density at radius 2 is 1.20 bits per heavy atom. The lowest BCUT2D eigenvalue weighted by atomic mass is 10.0. The first kappa shape index (κ1) is 27.9. The largest absolute Gasteiger partial charge is 0.478 e. The molecule has 2 aromatic carbocycles. The number of hydrogen-bond acceptors (Lipinski definition) is 6. The molecule has 2 aromatic heterocycles. The van der Waals surface area contributed by atoms with Crippen molar-refractivity contribution in [1.82, 2.24) is 19.1 Å². The Bertz CT molecular complexity index is 1800. The minimum atomic E-state index is -1.02. The van der Waals surface area contributed by atoms with E-state index in [-0.39, 0.29) is 22.2 Å². The van der Waals surface area contributed by atoms with Crippen LogP contribution in [0.25, 0.3) is 27.4 Å².